The second kappa shape index (κ2) is 6.75. The van der Waals surface area contributed by atoms with Gasteiger partial charge >= 0.3 is 0 Å². The summed E-state index contributed by atoms with van der Waals surface area (Å²) in [5.41, 5.74) is 1.86. The van der Waals surface area contributed by atoms with Gasteiger partial charge in [0, 0.05) is 12.2 Å². The molecule has 0 bridgehead atoms. The average Bonchev–Trinajstić information content (AvgIpc) is 2.96. The molecule has 6 heteroatoms. The van der Waals surface area contributed by atoms with E-state index in [1.54, 1.807) is 29.2 Å². The second-order valence-electron chi connectivity index (χ2n) is 5.79. The van der Waals surface area contributed by atoms with Gasteiger partial charge in [0.15, 0.2) is 0 Å². The Morgan fingerprint density at radius 2 is 1.75 bits per heavy atom. The van der Waals surface area contributed by atoms with Crippen molar-refractivity contribution < 1.29 is 13.2 Å². The summed E-state index contributed by atoms with van der Waals surface area (Å²) < 4.78 is 27.5. The highest BCUT2D eigenvalue weighted by atomic mass is 32.2. The maximum Gasteiger partial charge on any atom is 0.245 e. The van der Waals surface area contributed by atoms with Gasteiger partial charge in [-0.25, -0.2) is 8.42 Å². The molecule has 0 aromatic heterocycles. The zero-order valence-electron chi connectivity index (χ0n) is 13.5. The van der Waals surface area contributed by atoms with Crippen LogP contribution in [0.15, 0.2) is 59.5 Å². The molecule has 0 unspecified atom stereocenters. The number of nitrogens with one attached hydrogen (secondary N) is 1. The Labute approximate surface area is 142 Å². The van der Waals surface area contributed by atoms with E-state index in [-0.39, 0.29) is 10.8 Å². The number of anilines is 1. The van der Waals surface area contributed by atoms with E-state index in [0.717, 1.165) is 17.7 Å². The van der Waals surface area contributed by atoms with Crippen molar-refractivity contribution in [1.82, 2.24) is 4.72 Å². The number of sulfonamides is 1. The fourth-order valence-corrected chi connectivity index (χ4v) is 4.04. The molecule has 126 valence electrons. The minimum absolute atomic E-state index is 0.186. The van der Waals surface area contributed by atoms with Crippen molar-refractivity contribution >= 4 is 21.6 Å². The summed E-state index contributed by atoms with van der Waals surface area (Å²) in [6, 6.07) is 15.3. The zero-order valence-corrected chi connectivity index (χ0v) is 14.3. The van der Waals surface area contributed by atoms with Crippen LogP contribution in [0.1, 0.15) is 18.9 Å². The normalized spacial score (nSPS) is 18.1. The van der Waals surface area contributed by atoms with E-state index in [1.165, 1.54) is 0 Å². The van der Waals surface area contributed by atoms with Crippen molar-refractivity contribution in [2.24, 2.45) is 0 Å². The summed E-state index contributed by atoms with van der Waals surface area (Å²) >= 11 is 0. The lowest BCUT2D eigenvalue weighted by Crippen LogP contribution is -2.41. The molecule has 24 heavy (non-hydrogen) atoms. The Kier molecular flexibility index (Phi) is 4.69. The number of carbonyl (C=O) groups excluding carboxylic acids is 1. The number of hydrogen-bond acceptors (Lipinski definition) is 3. The Bertz CT molecular complexity index is 817. The minimum atomic E-state index is -3.70. The van der Waals surface area contributed by atoms with Crippen LogP contribution in [0, 0.1) is 0 Å². The summed E-state index contributed by atoms with van der Waals surface area (Å²) in [7, 11) is -3.70. The minimum Gasteiger partial charge on any atom is -0.311 e. The monoisotopic (exact) mass is 344 g/mol. The van der Waals surface area contributed by atoms with E-state index in [0.29, 0.717) is 13.0 Å². The van der Waals surface area contributed by atoms with Crippen LogP contribution in [-0.2, 0) is 21.2 Å². The summed E-state index contributed by atoms with van der Waals surface area (Å²) in [5.74, 6) is -0.213. The maximum atomic E-state index is 12.5. The van der Waals surface area contributed by atoms with Gasteiger partial charge in [-0.05, 0) is 42.7 Å². The SMILES string of the molecule is CCc1ccc(S(=O)(=O)N[C@H]2CCN(c3ccccc3)C2=O)cc1. The molecule has 1 N–H and O–H groups in total. The van der Waals surface area contributed by atoms with Gasteiger partial charge in [-0.1, -0.05) is 37.3 Å². The Morgan fingerprint density at radius 1 is 1.08 bits per heavy atom. The number of carbonyl (C=O) groups is 1. The number of nitrogens with zero attached hydrogens (tertiary/aromatic N) is 1. The van der Waals surface area contributed by atoms with E-state index in [1.807, 2.05) is 37.3 Å². The Balaban J connectivity index is 1.74. The third kappa shape index (κ3) is 3.34. The number of hydrogen-bond donors (Lipinski definition) is 1. The first-order valence-corrected chi connectivity index (χ1v) is 9.47. The van der Waals surface area contributed by atoms with Gasteiger partial charge in [-0.2, -0.15) is 4.72 Å². The first-order chi connectivity index (χ1) is 11.5. The van der Waals surface area contributed by atoms with Gasteiger partial charge < -0.3 is 4.90 Å². The number of para-hydroxylation sites is 1. The Hall–Kier alpha value is -2.18. The molecule has 1 atom stereocenters. The maximum absolute atomic E-state index is 12.5. The first-order valence-electron chi connectivity index (χ1n) is 7.99. The van der Waals surface area contributed by atoms with Crippen LogP contribution in [0.2, 0.25) is 0 Å². The second-order valence-corrected chi connectivity index (χ2v) is 7.50. The molecular formula is C18H20N2O3S. The van der Waals surface area contributed by atoms with Gasteiger partial charge in [0.05, 0.1) is 4.90 Å². The summed E-state index contributed by atoms with van der Waals surface area (Å²) in [4.78, 5) is 14.3. The molecule has 0 aliphatic carbocycles. The molecule has 5 nitrogen and oxygen atoms in total. The van der Waals surface area contributed by atoms with E-state index in [2.05, 4.69) is 4.72 Å². The zero-order chi connectivity index (χ0) is 17.2. The van der Waals surface area contributed by atoms with Crippen molar-refractivity contribution in [2.45, 2.75) is 30.7 Å². The highest BCUT2D eigenvalue weighted by Gasteiger charge is 2.35. The quantitative estimate of drug-likeness (QED) is 0.905. The van der Waals surface area contributed by atoms with Crippen LogP contribution in [0.5, 0.6) is 0 Å². The lowest BCUT2D eigenvalue weighted by atomic mass is 10.2. The molecule has 3 rings (SSSR count). The van der Waals surface area contributed by atoms with E-state index < -0.39 is 16.1 Å². The number of rotatable bonds is 5. The van der Waals surface area contributed by atoms with Gasteiger partial charge in [-0.3, -0.25) is 4.79 Å². The first kappa shape index (κ1) is 16.7. The molecule has 1 fully saturated rings. The molecule has 1 aliphatic rings. The van der Waals surface area contributed by atoms with Gasteiger partial charge in [0.2, 0.25) is 15.9 Å². The molecule has 1 saturated heterocycles. The molecule has 1 aliphatic heterocycles. The van der Waals surface area contributed by atoms with Crippen LogP contribution in [0.4, 0.5) is 5.69 Å². The topological polar surface area (TPSA) is 66.5 Å². The van der Waals surface area contributed by atoms with Crippen LogP contribution < -0.4 is 9.62 Å². The molecule has 0 spiro atoms. The molecule has 0 radical (unpaired) electrons. The molecule has 2 aromatic carbocycles. The van der Waals surface area contributed by atoms with E-state index >= 15 is 0 Å². The van der Waals surface area contributed by atoms with Crippen molar-refractivity contribution in [3.8, 4) is 0 Å². The van der Waals surface area contributed by atoms with Crippen molar-refractivity contribution in [3.05, 3.63) is 60.2 Å². The van der Waals surface area contributed by atoms with Crippen LogP contribution in [0.3, 0.4) is 0 Å². The largest absolute Gasteiger partial charge is 0.311 e. The molecule has 1 heterocycles. The molecular weight excluding hydrogens is 324 g/mol. The van der Waals surface area contributed by atoms with Gasteiger partial charge in [-0.15, -0.1) is 0 Å². The molecule has 1 amide bonds. The molecule has 2 aromatic rings. The average molecular weight is 344 g/mol. The fraction of sp³-hybridized carbons (Fsp3) is 0.278. The number of amides is 1. The lowest BCUT2D eigenvalue weighted by molar-refractivity contribution is -0.118. The van der Waals surface area contributed by atoms with Crippen LogP contribution in [0.25, 0.3) is 0 Å². The van der Waals surface area contributed by atoms with Crippen molar-refractivity contribution in [3.63, 3.8) is 0 Å². The van der Waals surface area contributed by atoms with Crippen LogP contribution in [-0.4, -0.2) is 26.9 Å². The highest BCUT2D eigenvalue weighted by Crippen LogP contribution is 2.22. The van der Waals surface area contributed by atoms with Gasteiger partial charge in [0.25, 0.3) is 0 Å². The van der Waals surface area contributed by atoms with E-state index in [9.17, 15) is 13.2 Å². The highest BCUT2D eigenvalue weighted by molar-refractivity contribution is 7.89. The molecule has 0 saturated carbocycles. The number of benzene rings is 2. The summed E-state index contributed by atoms with van der Waals surface area (Å²) in [5, 5.41) is 0. The predicted octanol–water partition coefficient (Wildman–Crippen LogP) is 2.33. The third-order valence-electron chi connectivity index (χ3n) is 4.21. The Morgan fingerprint density at radius 3 is 2.38 bits per heavy atom. The fourth-order valence-electron chi connectivity index (χ4n) is 2.81. The smallest absolute Gasteiger partial charge is 0.245 e. The van der Waals surface area contributed by atoms with Crippen molar-refractivity contribution in [1.29, 1.82) is 0 Å². The lowest BCUT2D eigenvalue weighted by Gasteiger charge is -2.17. The van der Waals surface area contributed by atoms with E-state index in [4.69, 9.17) is 0 Å². The number of aryl methyl sites for hydroxylation is 1. The van der Waals surface area contributed by atoms with Gasteiger partial charge in [0.1, 0.15) is 6.04 Å². The predicted molar refractivity (Wildman–Crippen MR) is 93.3 cm³/mol. The summed E-state index contributed by atoms with van der Waals surface area (Å²) in [6.07, 6.45) is 1.31. The third-order valence-corrected chi connectivity index (χ3v) is 5.70. The summed E-state index contributed by atoms with van der Waals surface area (Å²) in [6.45, 7) is 2.52. The standard InChI is InChI=1S/C18H20N2O3S/c1-2-14-8-10-16(11-9-14)24(22,23)19-17-12-13-20(18(17)21)15-6-4-3-5-7-15/h3-11,17,19H,2,12-13H2,1H3/t17-/m0/s1. The van der Waals surface area contributed by atoms with Crippen LogP contribution >= 0.6 is 0 Å². The van der Waals surface area contributed by atoms with Crippen molar-refractivity contribution in [2.75, 3.05) is 11.4 Å².